The Balaban J connectivity index is 1.57. The second kappa shape index (κ2) is 9.11. The molecule has 0 fully saturated rings. The van der Waals surface area contributed by atoms with Gasteiger partial charge in [-0.15, -0.1) is 0 Å². The molecule has 0 atom stereocenters. The fourth-order valence-corrected chi connectivity index (χ4v) is 4.43. The summed E-state index contributed by atoms with van der Waals surface area (Å²) in [7, 11) is -3.89. The number of aromatic amines is 1. The lowest BCUT2D eigenvalue weighted by Crippen LogP contribution is -2.14. The van der Waals surface area contributed by atoms with Gasteiger partial charge in [-0.3, -0.25) is 9.52 Å². The van der Waals surface area contributed by atoms with Crippen LogP contribution in [0.25, 0.3) is 22.4 Å². The first-order valence-electron chi connectivity index (χ1n) is 10.6. The maximum absolute atomic E-state index is 12.9. The summed E-state index contributed by atoms with van der Waals surface area (Å²) in [4.78, 5) is 31.3. The molecule has 0 radical (unpaired) electrons. The number of nitrogens with zero attached hydrogens (tertiary/aromatic N) is 1. The van der Waals surface area contributed by atoms with Gasteiger partial charge in [-0.2, -0.15) is 0 Å². The quantitative estimate of drug-likeness (QED) is 0.292. The van der Waals surface area contributed by atoms with Crippen LogP contribution in [0.3, 0.4) is 0 Å². The number of nitrogens with one attached hydrogen (secondary N) is 2. The molecule has 0 unspecified atom stereocenters. The number of ether oxygens (including phenoxy) is 1. The zero-order valence-corrected chi connectivity index (χ0v) is 19.6. The first kappa shape index (κ1) is 23.2. The first-order chi connectivity index (χ1) is 16.1. The van der Waals surface area contributed by atoms with Crippen molar-refractivity contribution in [2.75, 3.05) is 4.72 Å². The number of esters is 1. The molecule has 34 heavy (non-hydrogen) atoms. The fourth-order valence-electron chi connectivity index (χ4n) is 3.35. The highest BCUT2D eigenvalue weighted by Gasteiger charge is 2.17. The number of carbonyl (C=O) groups is 2. The molecule has 1 aromatic heterocycles. The van der Waals surface area contributed by atoms with Crippen LogP contribution in [0.5, 0.6) is 0 Å². The first-order valence-corrected chi connectivity index (χ1v) is 12.1. The minimum Gasteiger partial charge on any atom is -0.459 e. The number of ketones is 1. The normalized spacial score (nSPS) is 11.5. The molecular formula is C25H23N3O5S. The number of fused-ring (bicyclic) bond motifs is 1. The average Bonchev–Trinajstić information content (AvgIpc) is 3.22. The van der Waals surface area contributed by atoms with Gasteiger partial charge in [-0.05, 0) is 69.3 Å². The molecule has 4 aromatic rings. The smallest absolute Gasteiger partial charge is 0.338 e. The minimum absolute atomic E-state index is 0.0518. The number of Topliss-reactive ketones (excluding diaryl/α,β-unsaturated/α-hetero) is 1. The molecular weight excluding hydrogens is 454 g/mol. The van der Waals surface area contributed by atoms with Crippen molar-refractivity contribution in [1.29, 1.82) is 0 Å². The SMILES string of the molecule is CC(=O)c1cccc(-c2nc3ccc(S(=O)(=O)Nc4ccc(C(=O)OC(C)C)cc4)cc3[nH]2)c1. The Labute approximate surface area is 197 Å². The molecule has 0 aliphatic rings. The Morgan fingerprint density at radius 1 is 0.971 bits per heavy atom. The van der Waals surface area contributed by atoms with Crippen LogP contribution in [0.1, 0.15) is 41.5 Å². The van der Waals surface area contributed by atoms with Gasteiger partial charge < -0.3 is 9.72 Å². The molecule has 2 N–H and O–H groups in total. The Bertz CT molecular complexity index is 1490. The summed E-state index contributed by atoms with van der Waals surface area (Å²) in [6, 6.07) is 17.6. The van der Waals surface area contributed by atoms with E-state index in [4.69, 9.17) is 4.74 Å². The molecule has 9 heteroatoms. The lowest BCUT2D eigenvalue weighted by Gasteiger charge is -2.10. The number of imidazole rings is 1. The lowest BCUT2D eigenvalue weighted by atomic mass is 10.1. The van der Waals surface area contributed by atoms with Crippen molar-refractivity contribution in [2.24, 2.45) is 0 Å². The second-order valence-corrected chi connectivity index (χ2v) is 9.72. The number of sulfonamides is 1. The van der Waals surface area contributed by atoms with Crippen molar-refractivity contribution in [1.82, 2.24) is 9.97 Å². The van der Waals surface area contributed by atoms with E-state index in [1.54, 1.807) is 38.1 Å². The number of hydrogen-bond donors (Lipinski definition) is 2. The number of rotatable bonds is 7. The fraction of sp³-hybridized carbons (Fsp3) is 0.160. The number of H-pyrrole nitrogens is 1. The Morgan fingerprint density at radius 3 is 2.38 bits per heavy atom. The summed E-state index contributed by atoms with van der Waals surface area (Å²) in [6.45, 7) is 5.00. The third-order valence-corrected chi connectivity index (χ3v) is 6.40. The van der Waals surface area contributed by atoms with Crippen LogP contribution in [-0.2, 0) is 14.8 Å². The largest absolute Gasteiger partial charge is 0.459 e. The maximum Gasteiger partial charge on any atom is 0.338 e. The summed E-state index contributed by atoms with van der Waals surface area (Å²) in [6.07, 6.45) is -0.248. The van der Waals surface area contributed by atoms with Crippen molar-refractivity contribution in [3.63, 3.8) is 0 Å². The van der Waals surface area contributed by atoms with Crippen LogP contribution in [0.4, 0.5) is 5.69 Å². The summed E-state index contributed by atoms with van der Waals surface area (Å²) < 4.78 is 33.5. The van der Waals surface area contributed by atoms with Crippen molar-refractivity contribution >= 4 is 38.5 Å². The molecule has 0 aliphatic heterocycles. The summed E-state index contributed by atoms with van der Waals surface area (Å²) >= 11 is 0. The van der Waals surface area contributed by atoms with Gasteiger partial charge in [-0.1, -0.05) is 18.2 Å². The van der Waals surface area contributed by atoms with Crippen LogP contribution >= 0.6 is 0 Å². The zero-order valence-electron chi connectivity index (χ0n) is 18.8. The van der Waals surface area contributed by atoms with Crippen molar-refractivity contribution in [3.8, 4) is 11.4 Å². The van der Waals surface area contributed by atoms with Gasteiger partial charge in [0.05, 0.1) is 27.6 Å². The summed E-state index contributed by atoms with van der Waals surface area (Å²) in [5.41, 5.74) is 3.06. The second-order valence-electron chi connectivity index (χ2n) is 8.04. The molecule has 0 bridgehead atoms. The average molecular weight is 478 g/mol. The zero-order chi connectivity index (χ0) is 24.5. The third kappa shape index (κ3) is 4.99. The van der Waals surface area contributed by atoms with E-state index in [0.29, 0.717) is 33.7 Å². The van der Waals surface area contributed by atoms with Gasteiger partial charge in [0.25, 0.3) is 10.0 Å². The molecule has 1 heterocycles. The molecule has 8 nitrogen and oxygen atoms in total. The number of hydrogen-bond acceptors (Lipinski definition) is 6. The predicted octanol–water partition coefficient (Wildman–Crippen LogP) is 4.80. The van der Waals surface area contributed by atoms with Gasteiger partial charge in [0.15, 0.2) is 5.78 Å². The van der Waals surface area contributed by atoms with Gasteiger partial charge in [0.2, 0.25) is 0 Å². The Hall–Kier alpha value is -3.98. The van der Waals surface area contributed by atoms with E-state index in [-0.39, 0.29) is 16.8 Å². The lowest BCUT2D eigenvalue weighted by molar-refractivity contribution is 0.0378. The van der Waals surface area contributed by atoms with Gasteiger partial charge in [0, 0.05) is 16.8 Å². The molecule has 0 spiro atoms. The van der Waals surface area contributed by atoms with Crippen LogP contribution in [0.2, 0.25) is 0 Å². The van der Waals surface area contributed by atoms with E-state index in [9.17, 15) is 18.0 Å². The van der Waals surface area contributed by atoms with E-state index < -0.39 is 16.0 Å². The van der Waals surface area contributed by atoms with E-state index >= 15 is 0 Å². The third-order valence-electron chi connectivity index (χ3n) is 5.02. The molecule has 174 valence electrons. The number of benzene rings is 3. The summed E-state index contributed by atoms with van der Waals surface area (Å²) in [5.74, 6) is 0.00508. The van der Waals surface area contributed by atoms with Crippen LogP contribution in [0, 0.1) is 0 Å². The van der Waals surface area contributed by atoms with E-state index in [0.717, 1.165) is 5.56 Å². The highest BCUT2D eigenvalue weighted by molar-refractivity contribution is 7.92. The van der Waals surface area contributed by atoms with Crippen LogP contribution < -0.4 is 4.72 Å². The standard InChI is InChI=1S/C25H23N3O5S/c1-15(2)33-25(30)17-7-9-20(10-8-17)28-34(31,32)21-11-12-22-23(14-21)27-24(26-22)19-6-4-5-18(13-19)16(3)29/h4-15,28H,1-3H3,(H,26,27). The number of carbonyl (C=O) groups excluding carboxylic acids is 2. The molecule has 0 aliphatic carbocycles. The van der Waals surface area contributed by atoms with Gasteiger partial charge in [-0.25, -0.2) is 18.2 Å². The number of anilines is 1. The van der Waals surface area contributed by atoms with Crippen LogP contribution in [0.15, 0.2) is 71.6 Å². The molecule has 3 aromatic carbocycles. The molecule has 0 saturated carbocycles. The monoisotopic (exact) mass is 477 g/mol. The maximum atomic E-state index is 12.9. The molecule has 4 rings (SSSR count). The van der Waals surface area contributed by atoms with E-state index in [2.05, 4.69) is 14.7 Å². The minimum atomic E-state index is -3.89. The highest BCUT2D eigenvalue weighted by Crippen LogP contribution is 2.25. The molecule has 0 saturated heterocycles. The summed E-state index contributed by atoms with van der Waals surface area (Å²) in [5, 5.41) is 0. The molecule has 0 amide bonds. The van der Waals surface area contributed by atoms with Crippen LogP contribution in [-0.4, -0.2) is 36.2 Å². The van der Waals surface area contributed by atoms with Crippen molar-refractivity contribution in [3.05, 3.63) is 77.9 Å². The topological polar surface area (TPSA) is 118 Å². The Kier molecular flexibility index (Phi) is 6.21. The van der Waals surface area contributed by atoms with Crippen molar-refractivity contribution in [2.45, 2.75) is 31.8 Å². The van der Waals surface area contributed by atoms with Gasteiger partial charge in [0.1, 0.15) is 5.82 Å². The number of aromatic nitrogens is 2. The highest BCUT2D eigenvalue weighted by atomic mass is 32.2. The van der Waals surface area contributed by atoms with E-state index in [1.165, 1.54) is 43.3 Å². The van der Waals surface area contributed by atoms with E-state index in [1.807, 2.05) is 6.07 Å². The Morgan fingerprint density at radius 2 is 1.71 bits per heavy atom. The predicted molar refractivity (Wildman–Crippen MR) is 129 cm³/mol. The van der Waals surface area contributed by atoms with Gasteiger partial charge >= 0.3 is 5.97 Å². The van der Waals surface area contributed by atoms with Crippen molar-refractivity contribution < 1.29 is 22.7 Å².